The predicted molar refractivity (Wildman–Crippen MR) is 145 cm³/mol. The van der Waals surface area contributed by atoms with Crippen molar-refractivity contribution in [3.05, 3.63) is 23.3 Å². The molecule has 2 atom stereocenters. The Morgan fingerprint density at radius 1 is 1.19 bits per heavy atom. The molecule has 9 nitrogen and oxygen atoms in total. The van der Waals surface area contributed by atoms with E-state index in [0.717, 1.165) is 31.3 Å². The first-order valence-electron chi connectivity index (χ1n) is 13.3. The highest BCUT2D eigenvalue weighted by atomic mass is 16.7. The van der Waals surface area contributed by atoms with Gasteiger partial charge in [0.25, 0.3) is 5.91 Å². The third-order valence-corrected chi connectivity index (χ3v) is 7.54. The van der Waals surface area contributed by atoms with Gasteiger partial charge in [0.2, 0.25) is 0 Å². The molecule has 0 aromatic heterocycles. The van der Waals surface area contributed by atoms with E-state index in [2.05, 4.69) is 5.43 Å². The van der Waals surface area contributed by atoms with Crippen molar-refractivity contribution in [2.75, 3.05) is 26.9 Å². The van der Waals surface area contributed by atoms with Crippen molar-refractivity contribution < 1.29 is 28.3 Å². The van der Waals surface area contributed by atoms with Crippen LogP contribution in [0.5, 0.6) is 5.75 Å². The van der Waals surface area contributed by atoms with Gasteiger partial charge in [-0.1, -0.05) is 26.8 Å². The Hall–Kier alpha value is -1.69. The van der Waals surface area contributed by atoms with Crippen molar-refractivity contribution >= 4 is 18.5 Å². The maximum absolute atomic E-state index is 13.3. The molecule has 1 aromatic carbocycles. The third kappa shape index (κ3) is 7.05. The topological polar surface area (TPSA) is 105 Å². The van der Waals surface area contributed by atoms with E-state index in [4.69, 9.17) is 29.3 Å². The number of rotatable bonds is 9. The first kappa shape index (κ1) is 29.9. The lowest BCUT2D eigenvalue weighted by molar-refractivity contribution is -0.165. The minimum Gasteiger partial charge on any atom is -0.491 e. The Morgan fingerprint density at radius 2 is 1.84 bits per heavy atom. The molecule has 0 aliphatic carbocycles. The maximum Gasteiger partial charge on any atom is 0.498 e. The highest BCUT2D eigenvalue weighted by Gasteiger charge is 2.52. The molecule has 10 heteroatoms. The summed E-state index contributed by atoms with van der Waals surface area (Å²) < 4.78 is 30.4. The van der Waals surface area contributed by atoms with Crippen molar-refractivity contribution in [3.8, 4) is 5.75 Å². The van der Waals surface area contributed by atoms with Gasteiger partial charge < -0.3 is 29.3 Å². The summed E-state index contributed by atoms with van der Waals surface area (Å²) in [5.74, 6) is 0.291. The predicted octanol–water partition coefficient (Wildman–Crippen LogP) is 3.12. The molecule has 37 heavy (non-hydrogen) atoms. The van der Waals surface area contributed by atoms with Gasteiger partial charge in [-0.2, -0.15) is 0 Å². The normalized spacial score (nSPS) is 22.2. The lowest BCUT2D eigenvalue weighted by Crippen LogP contribution is -2.55. The summed E-state index contributed by atoms with van der Waals surface area (Å²) in [6.45, 7) is 17.4. The van der Waals surface area contributed by atoms with Crippen LogP contribution in [0, 0.1) is 12.3 Å². The van der Waals surface area contributed by atoms with Crippen molar-refractivity contribution in [2.45, 2.75) is 98.3 Å². The fourth-order valence-electron chi connectivity index (χ4n) is 4.34. The molecule has 3 N–H and O–H groups in total. The molecule has 0 spiro atoms. The Morgan fingerprint density at radius 3 is 2.41 bits per heavy atom. The molecule has 2 aliphatic heterocycles. The number of nitrogens with zero attached hydrogens (tertiary/aromatic N) is 1. The van der Waals surface area contributed by atoms with Gasteiger partial charge in [0, 0.05) is 30.2 Å². The summed E-state index contributed by atoms with van der Waals surface area (Å²) in [5, 5.41) is 1.64. The zero-order valence-corrected chi connectivity index (χ0v) is 24.1. The van der Waals surface area contributed by atoms with E-state index in [1.807, 2.05) is 61.5 Å². The first-order valence-corrected chi connectivity index (χ1v) is 13.3. The summed E-state index contributed by atoms with van der Waals surface area (Å²) in [6, 6.07) is 3.62. The number of hydrogen-bond donors (Lipinski definition) is 2. The largest absolute Gasteiger partial charge is 0.498 e. The zero-order valence-electron chi connectivity index (χ0n) is 24.1. The van der Waals surface area contributed by atoms with E-state index in [1.165, 1.54) is 0 Å². The molecule has 2 fully saturated rings. The molecule has 208 valence electrons. The van der Waals surface area contributed by atoms with Gasteiger partial charge in [-0.3, -0.25) is 10.2 Å². The van der Waals surface area contributed by atoms with E-state index in [9.17, 15) is 4.79 Å². The number of nitrogens with one attached hydrogen (secondary N) is 1. The van der Waals surface area contributed by atoms with Crippen LogP contribution in [0.25, 0.3) is 0 Å². The molecule has 2 saturated heterocycles. The van der Waals surface area contributed by atoms with Crippen LogP contribution >= 0.6 is 0 Å². The van der Waals surface area contributed by atoms with E-state index in [0.29, 0.717) is 30.1 Å². The summed E-state index contributed by atoms with van der Waals surface area (Å²) in [5.41, 5.74) is 9.91. The monoisotopic (exact) mass is 519 g/mol. The maximum atomic E-state index is 13.3. The Bertz CT molecular complexity index is 927. The second-order valence-electron chi connectivity index (χ2n) is 12.1. The van der Waals surface area contributed by atoms with Gasteiger partial charge in [0.05, 0.1) is 24.0 Å². The average Bonchev–Trinajstić information content (AvgIpc) is 3.03. The number of ether oxygens (including phenoxy) is 3. The van der Waals surface area contributed by atoms with Crippen molar-refractivity contribution in [3.63, 3.8) is 0 Å². The fourth-order valence-corrected chi connectivity index (χ4v) is 4.34. The first-order chi connectivity index (χ1) is 17.1. The standard InChI is InChI=1S/C27H46BN3O6/c1-18-19(23(32)30-31(9)24(29)25(2,3)4)13-14-20(28-36-26(5,6)27(7,8)37-28)22(18)35-17-16-34-21-12-10-11-15-33-21/h13-14,21,24H,10-12,15-17,29H2,1-9H3,(H,30,32). The molecular formula is C27H46BN3O6. The van der Waals surface area contributed by atoms with Crippen LogP contribution in [-0.4, -0.2) is 68.6 Å². The number of hydrazine groups is 1. The number of hydrogen-bond acceptors (Lipinski definition) is 8. The van der Waals surface area contributed by atoms with E-state index in [-0.39, 0.29) is 23.8 Å². The fraction of sp³-hybridized carbons (Fsp3) is 0.741. The zero-order chi connectivity index (χ0) is 27.6. The molecule has 1 aromatic rings. The van der Waals surface area contributed by atoms with Gasteiger partial charge in [0.1, 0.15) is 12.4 Å². The van der Waals surface area contributed by atoms with Gasteiger partial charge in [0.15, 0.2) is 6.29 Å². The number of amides is 1. The summed E-state index contributed by atoms with van der Waals surface area (Å²) >= 11 is 0. The molecule has 3 rings (SSSR count). The quantitative estimate of drug-likeness (QED) is 0.222. The molecule has 0 saturated carbocycles. The van der Waals surface area contributed by atoms with E-state index >= 15 is 0 Å². The number of carbonyl (C=O) groups is 1. The number of benzene rings is 1. The van der Waals surface area contributed by atoms with Crippen LogP contribution in [0.1, 0.15) is 83.7 Å². The summed E-state index contributed by atoms with van der Waals surface area (Å²) in [6.07, 6.45) is 2.49. The molecular weight excluding hydrogens is 473 g/mol. The molecule has 2 unspecified atom stereocenters. The van der Waals surface area contributed by atoms with Gasteiger partial charge >= 0.3 is 7.12 Å². The minimum atomic E-state index is -0.629. The SMILES string of the molecule is Cc1c(C(=O)NN(C)C(N)C(C)(C)C)ccc(B2OC(C)(C)C(C)(C)O2)c1OCCOC1CCCCO1. The lowest BCUT2D eigenvalue weighted by atomic mass is 9.76. The van der Waals surface area contributed by atoms with Crippen LogP contribution in [0.3, 0.4) is 0 Å². The Balaban J connectivity index is 1.82. The van der Waals surface area contributed by atoms with Crippen LogP contribution < -0.4 is 21.4 Å². The molecule has 2 aliphatic rings. The molecule has 0 radical (unpaired) electrons. The lowest BCUT2D eigenvalue weighted by Gasteiger charge is -2.35. The Kier molecular flexibility index (Phi) is 9.36. The summed E-state index contributed by atoms with van der Waals surface area (Å²) in [7, 11) is 1.14. The van der Waals surface area contributed by atoms with Gasteiger partial charge in [-0.25, -0.2) is 5.01 Å². The Labute approximate surface area is 222 Å². The number of nitrogens with two attached hydrogens (primary N) is 1. The second kappa shape index (κ2) is 11.6. The number of carbonyl (C=O) groups excluding carboxylic acids is 1. The highest BCUT2D eigenvalue weighted by molar-refractivity contribution is 6.63. The van der Waals surface area contributed by atoms with Crippen molar-refractivity contribution in [1.29, 1.82) is 0 Å². The van der Waals surface area contributed by atoms with E-state index in [1.54, 1.807) is 18.1 Å². The van der Waals surface area contributed by atoms with Crippen molar-refractivity contribution in [1.82, 2.24) is 10.4 Å². The van der Waals surface area contributed by atoms with Gasteiger partial charge in [-0.15, -0.1) is 0 Å². The minimum absolute atomic E-state index is 0.194. The van der Waals surface area contributed by atoms with Crippen LogP contribution in [-0.2, 0) is 18.8 Å². The van der Waals surface area contributed by atoms with Gasteiger partial charge in [-0.05, 0) is 65.4 Å². The van der Waals surface area contributed by atoms with Crippen LogP contribution in [0.2, 0.25) is 0 Å². The van der Waals surface area contributed by atoms with E-state index < -0.39 is 18.3 Å². The smallest absolute Gasteiger partial charge is 0.491 e. The highest BCUT2D eigenvalue weighted by Crippen LogP contribution is 2.37. The molecule has 1 amide bonds. The molecule has 0 bridgehead atoms. The van der Waals surface area contributed by atoms with Crippen LogP contribution in [0.4, 0.5) is 0 Å². The third-order valence-electron chi connectivity index (χ3n) is 7.54. The van der Waals surface area contributed by atoms with Crippen molar-refractivity contribution in [2.24, 2.45) is 11.1 Å². The molecule has 2 heterocycles. The van der Waals surface area contributed by atoms with Crippen LogP contribution in [0.15, 0.2) is 12.1 Å². The second-order valence-corrected chi connectivity index (χ2v) is 12.1. The average molecular weight is 519 g/mol. The summed E-state index contributed by atoms with van der Waals surface area (Å²) in [4.78, 5) is 13.3.